The van der Waals surface area contributed by atoms with Crippen molar-refractivity contribution in [3.05, 3.63) is 58.6 Å². The van der Waals surface area contributed by atoms with Gasteiger partial charge in [-0.15, -0.1) is 0 Å². The number of primary amides is 1. The molecule has 0 spiro atoms. The first-order valence-corrected chi connectivity index (χ1v) is 11.7. The van der Waals surface area contributed by atoms with Gasteiger partial charge in [0.05, 0.1) is 24.8 Å². The summed E-state index contributed by atoms with van der Waals surface area (Å²) in [5, 5.41) is 1.72. The number of anilines is 1. The molecular weight excluding hydrogens is 490 g/mol. The lowest BCUT2D eigenvalue weighted by molar-refractivity contribution is -0.172. The molecular formula is C24H26BrN3O5. The maximum Gasteiger partial charge on any atom is 0.265 e. The minimum atomic E-state index is -0.906. The Morgan fingerprint density at radius 1 is 1.09 bits per heavy atom. The fourth-order valence-corrected chi connectivity index (χ4v) is 4.90. The minimum absolute atomic E-state index is 0.292. The number of fused-ring (bicyclic) bond motifs is 1. The number of amides is 3. The molecule has 0 bridgehead atoms. The molecule has 0 saturated carbocycles. The molecule has 3 unspecified atom stereocenters. The summed E-state index contributed by atoms with van der Waals surface area (Å²) in [6.45, 7) is 0.498. The van der Waals surface area contributed by atoms with Crippen LogP contribution in [0.15, 0.2) is 53.0 Å². The lowest BCUT2D eigenvalue weighted by Gasteiger charge is -2.28. The third-order valence-electron chi connectivity index (χ3n) is 6.02. The van der Waals surface area contributed by atoms with E-state index in [0.29, 0.717) is 30.8 Å². The van der Waals surface area contributed by atoms with Gasteiger partial charge in [0, 0.05) is 23.0 Å². The van der Waals surface area contributed by atoms with Gasteiger partial charge in [-0.05, 0) is 43.2 Å². The van der Waals surface area contributed by atoms with E-state index >= 15 is 0 Å². The zero-order valence-electron chi connectivity index (χ0n) is 18.3. The van der Waals surface area contributed by atoms with Crippen LogP contribution >= 0.6 is 15.9 Å². The van der Waals surface area contributed by atoms with Crippen LogP contribution in [-0.2, 0) is 19.2 Å². The Hall–Kier alpha value is -2.75. The maximum absolute atomic E-state index is 13.6. The van der Waals surface area contributed by atoms with Crippen molar-refractivity contribution in [1.82, 2.24) is 5.06 Å². The maximum atomic E-state index is 13.6. The SMILES string of the molecule is COc1ccc(Br)cc1C1C2C(=O)N(c3ccccc3)C(=O)C2ON1CCCCCC(N)=O. The number of halogens is 1. The Bertz CT molecular complexity index is 1050. The van der Waals surface area contributed by atoms with Crippen molar-refractivity contribution < 1.29 is 24.0 Å². The Kier molecular flexibility index (Phi) is 7.11. The summed E-state index contributed by atoms with van der Waals surface area (Å²) in [7, 11) is 1.58. The molecule has 2 N–H and O–H groups in total. The van der Waals surface area contributed by atoms with Gasteiger partial charge in [-0.3, -0.25) is 19.2 Å². The smallest absolute Gasteiger partial charge is 0.265 e. The Balaban J connectivity index is 1.64. The molecule has 2 aliphatic rings. The Morgan fingerprint density at radius 2 is 1.85 bits per heavy atom. The molecule has 174 valence electrons. The molecule has 0 radical (unpaired) electrons. The number of methoxy groups -OCH3 is 1. The lowest BCUT2D eigenvalue weighted by atomic mass is 9.90. The number of nitrogens with zero attached hydrogens (tertiary/aromatic N) is 2. The second-order valence-electron chi connectivity index (χ2n) is 8.15. The van der Waals surface area contributed by atoms with Crippen molar-refractivity contribution in [1.29, 1.82) is 0 Å². The summed E-state index contributed by atoms with van der Waals surface area (Å²) < 4.78 is 6.42. The molecule has 3 atom stereocenters. The van der Waals surface area contributed by atoms with Crippen molar-refractivity contribution >= 4 is 39.3 Å². The van der Waals surface area contributed by atoms with Crippen LogP contribution in [0.3, 0.4) is 0 Å². The van der Waals surface area contributed by atoms with Crippen molar-refractivity contribution in [2.45, 2.75) is 37.8 Å². The normalized spacial score (nSPS) is 22.6. The number of para-hydroxylation sites is 1. The van der Waals surface area contributed by atoms with Crippen LogP contribution in [0, 0.1) is 5.92 Å². The first kappa shape index (κ1) is 23.4. The lowest BCUT2D eigenvalue weighted by Crippen LogP contribution is -2.37. The Morgan fingerprint density at radius 3 is 2.55 bits per heavy atom. The van der Waals surface area contributed by atoms with Gasteiger partial charge in [-0.1, -0.05) is 40.5 Å². The molecule has 9 heteroatoms. The average Bonchev–Trinajstić information content (AvgIpc) is 3.29. The summed E-state index contributed by atoms with van der Waals surface area (Å²) >= 11 is 3.51. The summed E-state index contributed by atoms with van der Waals surface area (Å²) in [6.07, 6.45) is 1.61. The number of rotatable bonds is 9. The third-order valence-corrected chi connectivity index (χ3v) is 6.51. The largest absolute Gasteiger partial charge is 0.496 e. The van der Waals surface area contributed by atoms with Crippen LogP contribution in [-0.4, -0.2) is 42.5 Å². The van der Waals surface area contributed by atoms with Gasteiger partial charge in [0.15, 0.2) is 6.10 Å². The number of imide groups is 1. The van der Waals surface area contributed by atoms with E-state index in [9.17, 15) is 14.4 Å². The van der Waals surface area contributed by atoms with Crippen molar-refractivity contribution in [3.8, 4) is 5.75 Å². The van der Waals surface area contributed by atoms with Crippen LogP contribution in [0.2, 0.25) is 0 Å². The molecule has 0 aromatic heterocycles. The van der Waals surface area contributed by atoms with Gasteiger partial charge < -0.3 is 10.5 Å². The number of nitrogens with two attached hydrogens (primary N) is 1. The van der Waals surface area contributed by atoms with Gasteiger partial charge in [-0.25, -0.2) is 4.90 Å². The zero-order chi connectivity index (χ0) is 23.5. The monoisotopic (exact) mass is 515 g/mol. The van der Waals surface area contributed by atoms with Gasteiger partial charge in [0.1, 0.15) is 5.75 Å². The molecule has 2 saturated heterocycles. The number of hydrogen-bond acceptors (Lipinski definition) is 6. The molecule has 3 amide bonds. The first-order chi connectivity index (χ1) is 15.9. The summed E-state index contributed by atoms with van der Waals surface area (Å²) in [5.74, 6) is -1.07. The molecule has 8 nitrogen and oxygen atoms in total. The topological polar surface area (TPSA) is 102 Å². The Labute approximate surface area is 200 Å². The predicted molar refractivity (Wildman–Crippen MR) is 125 cm³/mol. The highest BCUT2D eigenvalue weighted by Crippen LogP contribution is 2.48. The first-order valence-electron chi connectivity index (χ1n) is 10.9. The number of carbonyl (C=O) groups excluding carboxylic acids is 3. The number of hydrogen-bond donors (Lipinski definition) is 1. The van der Waals surface area contributed by atoms with Gasteiger partial charge in [0.2, 0.25) is 11.8 Å². The summed E-state index contributed by atoms with van der Waals surface area (Å²) in [4.78, 5) is 45.1. The van der Waals surface area contributed by atoms with E-state index in [0.717, 1.165) is 22.9 Å². The molecule has 4 rings (SSSR count). The van der Waals surface area contributed by atoms with Gasteiger partial charge in [-0.2, -0.15) is 5.06 Å². The van der Waals surface area contributed by atoms with Crippen LogP contribution in [0.25, 0.3) is 0 Å². The second kappa shape index (κ2) is 10.0. The van der Waals surface area contributed by atoms with E-state index in [-0.39, 0.29) is 17.7 Å². The number of benzene rings is 2. The molecule has 2 aromatic carbocycles. The number of hydroxylamine groups is 2. The van der Waals surface area contributed by atoms with E-state index in [1.165, 1.54) is 4.90 Å². The molecule has 2 heterocycles. The van der Waals surface area contributed by atoms with Crippen LogP contribution in [0.1, 0.15) is 37.3 Å². The van der Waals surface area contributed by atoms with Gasteiger partial charge >= 0.3 is 0 Å². The standard InChI is InChI=1S/C24H26BrN3O5/c1-32-18-12-11-15(25)14-17(18)21-20-22(33-27(21)13-7-3-6-10-19(26)29)24(31)28(23(20)30)16-8-4-2-5-9-16/h2,4-5,8-9,11-12,14,20-22H,3,6-7,10,13H2,1H3,(H2,26,29). The van der Waals surface area contributed by atoms with Crippen molar-refractivity contribution in [2.24, 2.45) is 11.7 Å². The van der Waals surface area contributed by atoms with E-state index in [4.69, 9.17) is 15.3 Å². The highest BCUT2D eigenvalue weighted by Gasteiger charge is 2.60. The van der Waals surface area contributed by atoms with Crippen LogP contribution in [0.5, 0.6) is 5.75 Å². The second-order valence-corrected chi connectivity index (χ2v) is 9.06. The number of ether oxygens (including phenoxy) is 1. The molecule has 2 fully saturated rings. The zero-order valence-corrected chi connectivity index (χ0v) is 19.9. The number of unbranched alkanes of at least 4 members (excludes halogenated alkanes) is 2. The van der Waals surface area contributed by atoms with E-state index in [2.05, 4.69) is 15.9 Å². The fraction of sp³-hybridized carbons (Fsp3) is 0.375. The molecule has 33 heavy (non-hydrogen) atoms. The predicted octanol–water partition coefficient (Wildman–Crippen LogP) is 3.35. The average molecular weight is 516 g/mol. The summed E-state index contributed by atoms with van der Waals surface area (Å²) in [5.41, 5.74) is 6.52. The van der Waals surface area contributed by atoms with Crippen molar-refractivity contribution in [3.63, 3.8) is 0 Å². The summed E-state index contributed by atoms with van der Waals surface area (Å²) in [6, 6.07) is 14.0. The quantitative estimate of drug-likeness (QED) is 0.405. The fourth-order valence-electron chi connectivity index (χ4n) is 4.52. The van der Waals surface area contributed by atoms with Crippen molar-refractivity contribution in [2.75, 3.05) is 18.6 Å². The minimum Gasteiger partial charge on any atom is -0.496 e. The van der Waals surface area contributed by atoms with Gasteiger partial charge in [0.25, 0.3) is 5.91 Å². The van der Waals surface area contributed by atoms with Crippen LogP contribution < -0.4 is 15.4 Å². The molecule has 2 aromatic rings. The van der Waals surface area contributed by atoms with E-state index in [1.807, 2.05) is 24.3 Å². The molecule has 2 aliphatic heterocycles. The van der Waals surface area contributed by atoms with E-state index in [1.54, 1.807) is 36.4 Å². The van der Waals surface area contributed by atoms with Crippen LogP contribution in [0.4, 0.5) is 5.69 Å². The van der Waals surface area contributed by atoms with E-state index < -0.39 is 18.1 Å². The number of carbonyl (C=O) groups is 3. The third kappa shape index (κ3) is 4.66. The highest BCUT2D eigenvalue weighted by molar-refractivity contribution is 9.10. The highest BCUT2D eigenvalue weighted by atomic mass is 79.9. The molecule has 0 aliphatic carbocycles.